The summed E-state index contributed by atoms with van der Waals surface area (Å²) in [4.78, 5) is 11.5. The molecule has 1 aliphatic carbocycles. The number of carbonyl (C=O) groups excluding carboxylic acids is 1. The van der Waals surface area contributed by atoms with Crippen molar-refractivity contribution in [1.29, 1.82) is 0 Å². The van der Waals surface area contributed by atoms with E-state index in [0.29, 0.717) is 13.2 Å². The zero-order valence-corrected chi connectivity index (χ0v) is 11.1. The molecule has 0 saturated heterocycles. The van der Waals surface area contributed by atoms with Gasteiger partial charge in [0.1, 0.15) is 5.75 Å². The smallest absolute Gasteiger partial charge is 0.258 e. The molecule has 1 aliphatic rings. The van der Waals surface area contributed by atoms with Crippen LogP contribution in [-0.4, -0.2) is 32.8 Å². The van der Waals surface area contributed by atoms with Gasteiger partial charge in [-0.15, -0.1) is 0 Å². The fourth-order valence-corrected chi connectivity index (χ4v) is 2.21. The van der Waals surface area contributed by atoms with Gasteiger partial charge in [0.25, 0.3) is 5.91 Å². The minimum atomic E-state index is -0.144. The fraction of sp³-hybridized carbons (Fsp3) is 0.500. The minimum Gasteiger partial charge on any atom is -0.484 e. The van der Waals surface area contributed by atoms with E-state index in [2.05, 4.69) is 5.32 Å². The molecule has 0 bridgehead atoms. The molecule has 0 saturated carbocycles. The lowest BCUT2D eigenvalue weighted by Gasteiger charge is -2.09. The summed E-state index contributed by atoms with van der Waals surface area (Å²) in [7, 11) is 1.60. The lowest BCUT2D eigenvalue weighted by atomic mass is 10.1. The number of hydrogen-bond acceptors (Lipinski definition) is 4. The Labute approximate surface area is 113 Å². The first-order valence-electron chi connectivity index (χ1n) is 6.47. The standard InChI is InChI=1S/C14H20N2O3/c1-18-7-6-16-14(17)9-19-11-3-4-12-10(8-11)2-5-13(12)15/h3-4,8,13H,2,5-7,9,15H2,1H3,(H,16,17)/t13-/m0/s1. The Kier molecular flexibility index (Phi) is 4.76. The highest BCUT2D eigenvalue weighted by atomic mass is 16.5. The molecule has 1 aromatic rings. The monoisotopic (exact) mass is 264 g/mol. The first kappa shape index (κ1) is 13.8. The van der Waals surface area contributed by atoms with Crippen molar-refractivity contribution >= 4 is 5.91 Å². The summed E-state index contributed by atoms with van der Waals surface area (Å²) >= 11 is 0. The summed E-state index contributed by atoms with van der Waals surface area (Å²) < 4.78 is 10.3. The van der Waals surface area contributed by atoms with Gasteiger partial charge in [0.05, 0.1) is 6.61 Å². The van der Waals surface area contributed by atoms with E-state index in [1.807, 2.05) is 18.2 Å². The van der Waals surface area contributed by atoms with Crippen molar-refractivity contribution in [1.82, 2.24) is 5.32 Å². The van der Waals surface area contributed by atoms with Crippen LogP contribution in [0.3, 0.4) is 0 Å². The number of amides is 1. The van der Waals surface area contributed by atoms with Gasteiger partial charge in [-0.2, -0.15) is 0 Å². The number of nitrogens with one attached hydrogen (secondary N) is 1. The maximum absolute atomic E-state index is 11.5. The van der Waals surface area contributed by atoms with Crippen molar-refractivity contribution in [3.8, 4) is 5.75 Å². The van der Waals surface area contributed by atoms with Gasteiger partial charge in [-0.05, 0) is 36.1 Å². The molecule has 0 unspecified atom stereocenters. The third-order valence-electron chi connectivity index (χ3n) is 3.24. The number of nitrogens with two attached hydrogens (primary N) is 1. The predicted octanol–water partition coefficient (Wildman–Crippen LogP) is 0.774. The first-order valence-corrected chi connectivity index (χ1v) is 6.47. The average Bonchev–Trinajstić information content (AvgIpc) is 2.78. The Bertz CT molecular complexity index is 448. The summed E-state index contributed by atoms with van der Waals surface area (Å²) in [6, 6.07) is 5.98. The maximum Gasteiger partial charge on any atom is 0.258 e. The van der Waals surface area contributed by atoms with E-state index in [1.54, 1.807) is 7.11 Å². The van der Waals surface area contributed by atoms with Crippen molar-refractivity contribution in [3.05, 3.63) is 29.3 Å². The second kappa shape index (κ2) is 6.54. The zero-order valence-electron chi connectivity index (χ0n) is 11.1. The summed E-state index contributed by atoms with van der Waals surface area (Å²) in [5.41, 5.74) is 8.39. The Morgan fingerprint density at radius 2 is 2.37 bits per heavy atom. The van der Waals surface area contributed by atoms with Gasteiger partial charge < -0.3 is 20.5 Å². The lowest BCUT2D eigenvalue weighted by molar-refractivity contribution is -0.123. The molecule has 0 radical (unpaired) electrons. The summed E-state index contributed by atoms with van der Waals surface area (Å²) in [5.74, 6) is 0.573. The molecule has 0 spiro atoms. The fourth-order valence-electron chi connectivity index (χ4n) is 2.21. The molecule has 1 amide bonds. The van der Waals surface area contributed by atoms with Crippen molar-refractivity contribution in [2.75, 3.05) is 26.9 Å². The number of aryl methyl sites for hydroxylation is 1. The van der Waals surface area contributed by atoms with Gasteiger partial charge in [-0.1, -0.05) is 6.07 Å². The van der Waals surface area contributed by atoms with E-state index in [0.717, 1.165) is 18.6 Å². The molecule has 0 aromatic heterocycles. The molecular weight excluding hydrogens is 244 g/mol. The highest BCUT2D eigenvalue weighted by Crippen LogP contribution is 2.31. The van der Waals surface area contributed by atoms with Gasteiger partial charge in [0.15, 0.2) is 6.61 Å². The van der Waals surface area contributed by atoms with E-state index < -0.39 is 0 Å². The zero-order chi connectivity index (χ0) is 13.7. The quantitative estimate of drug-likeness (QED) is 0.744. The second-order valence-electron chi connectivity index (χ2n) is 4.64. The molecule has 2 rings (SSSR count). The Morgan fingerprint density at radius 3 is 3.16 bits per heavy atom. The van der Waals surface area contributed by atoms with E-state index >= 15 is 0 Å². The van der Waals surface area contributed by atoms with Crippen LogP contribution in [0.4, 0.5) is 0 Å². The van der Waals surface area contributed by atoms with Crippen molar-refractivity contribution in [2.45, 2.75) is 18.9 Å². The van der Waals surface area contributed by atoms with E-state index in [4.69, 9.17) is 15.2 Å². The second-order valence-corrected chi connectivity index (χ2v) is 4.64. The van der Waals surface area contributed by atoms with Crippen LogP contribution in [0.5, 0.6) is 5.75 Å². The lowest BCUT2D eigenvalue weighted by Crippen LogP contribution is -2.31. The van der Waals surface area contributed by atoms with Crippen molar-refractivity contribution < 1.29 is 14.3 Å². The van der Waals surface area contributed by atoms with Crippen LogP contribution in [0, 0.1) is 0 Å². The highest BCUT2D eigenvalue weighted by molar-refractivity contribution is 5.77. The molecule has 19 heavy (non-hydrogen) atoms. The molecule has 5 heteroatoms. The maximum atomic E-state index is 11.5. The van der Waals surface area contributed by atoms with Gasteiger partial charge in [0, 0.05) is 19.7 Å². The van der Waals surface area contributed by atoms with Gasteiger partial charge in [-0.25, -0.2) is 0 Å². The van der Waals surface area contributed by atoms with Gasteiger partial charge in [0.2, 0.25) is 0 Å². The summed E-state index contributed by atoms with van der Waals surface area (Å²) in [6.07, 6.45) is 1.96. The summed E-state index contributed by atoms with van der Waals surface area (Å²) in [5, 5.41) is 2.70. The third-order valence-corrected chi connectivity index (χ3v) is 3.24. The molecule has 0 fully saturated rings. The number of fused-ring (bicyclic) bond motifs is 1. The van der Waals surface area contributed by atoms with Gasteiger partial charge in [-0.3, -0.25) is 4.79 Å². The van der Waals surface area contributed by atoms with E-state index in [-0.39, 0.29) is 18.6 Å². The van der Waals surface area contributed by atoms with Crippen LogP contribution in [0.25, 0.3) is 0 Å². The number of methoxy groups -OCH3 is 1. The van der Waals surface area contributed by atoms with Crippen molar-refractivity contribution in [3.63, 3.8) is 0 Å². The van der Waals surface area contributed by atoms with Gasteiger partial charge >= 0.3 is 0 Å². The van der Waals surface area contributed by atoms with Crippen LogP contribution in [0.2, 0.25) is 0 Å². The number of ether oxygens (including phenoxy) is 2. The predicted molar refractivity (Wildman–Crippen MR) is 72.1 cm³/mol. The van der Waals surface area contributed by atoms with E-state index in [1.165, 1.54) is 11.1 Å². The Balaban J connectivity index is 1.82. The minimum absolute atomic E-state index is 0.0224. The van der Waals surface area contributed by atoms with Crippen LogP contribution in [-0.2, 0) is 16.0 Å². The number of rotatable bonds is 6. The first-order chi connectivity index (χ1) is 9.20. The highest BCUT2D eigenvalue weighted by Gasteiger charge is 2.19. The Morgan fingerprint density at radius 1 is 1.53 bits per heavy atom. The normalized spacial score (nSPS) is 17.1. The molecule has 1 atom stereocenters. The number of benzene rings is 1. The van der Waals surface area contributed by atoms with E-state index in [9.17, 15) is 4.79 Å². The van der Waals surface area contributed by atoms with Crippen molar-refractivity contribution in [2.24, 2.45) is 5.73 Å². The molecule has 104 valence electrons. The molecular formula is C14H20N2O3. The molecule has 3 N–H and O–H groups in total. The topological polar surface area (TPSA) is 73.6 Å². The number of carbonyl (C=O) groups is 1. The molecule has 5 nitrogen and oxygen atoms in total. The Hall–Kier alpha value is -1.59. The molecule has 0 aliphatic heterocycles. The van der Waals surface area contributed by atoms with Crippen LogP contribution in [0.15, 0.2) is 18.2 Å². The number of hydrogen-bond donors (Lipinski definition) is 2. The summed E-state index contributed by atoms with van der Waals surface area (Å²) in [6.45, 7) is 1.02. The molecule has 0 heterocycles. The third kappa shape index (κ3) is 3.68. The molecule has 1 aromatic carbocycles. The average molecular weight is 264 g/mol. The largest absolute Gasteiger partial charge is 0.484 e. The SMILES string of the molecule is COCCNC(=O)COc1ccc2c(c1)CC[C@@H]2N. The van der Waals surface area contributed by atoms with Crippen LogP contribution < -0.4 is 15.8 Å². The van der Waals surface area contributed by atoms with Crippen LogP contribution in [0.1, 0.15) is 23.6 Å². The van der Waals surface area contributed by atoms with Crippen LogP contribution >= 0.6 is 0 Å².